The van der Waals surface area contributed by atoms with Crippen LogP contribution < -0.4 is 4.90 Å². The maximum Gasteiger partial charge on any atom is 0.333 e. The number of hydrogen-bond donors (Lipinski definition) is 3. The minimum atomic E-state index is -4.70. The first-order valence-corrected chi connectivity index (χ1v) is 29.9. The number of nitrogens with zero attached hydrogens (tertiary/aromatic N) is 3. The van der Waals surface area contributed by atoms with Crippen LogP contribution in [0.1, 0.15) is 89.7 Å². The number of carbonyl (C=O) groups excluding carboxylic acids is 3. The van der Waals surface area contributed by atoms with Crippen molar-refractivity contribution in [1.82, 2.24) is 5.06 Å². The molecule has 0 aromatic heterocycles. The van der Waals surface area contributed by atoms with Crippen LogP contribution in [0.4, 0.5) is 11.4 Å². The molecule has 1 fully saturated rings. The largest absolute Gasteiger partial charge is 0.385 e. The zero-order valence-corrected chi connectivity index (χ0v) is 46.9. The molecule has 0 aliphatic carbocycles. The van der Waals surface area contributed by atoms with Crippen molar-refractivity contribution in [3.8, 4) is 0 Å². The Morgan fingerprint density at radius 2 is 1.19 bits per heavy atom. The van der Waals surface area contributed by atoms with Crippen LogP contribution in [0.25, 0.3) is 0 Å². The van der Waals surface area contributed by atoms with Crippen LogP contribution in [-0.2, 0) is 93.6 Å². The molecular weight excluding hydrogens is 1070 g/mol. The molecule has 0 bridgehead atoms. The number of amides is 2. The number of hydrogen-bond acceptors (Lipinski definition) is 18. The number of rotatable bonds is 36. The fourth-order valence-electron chi connectivity index (χ4n) is 9.51. The lowest BCUT2D eigenvalue weighted by atomic mass is 9.75. The third-order valence-electron chi connectivity index (χ3n) is 13.5. The maximum atomic E-state index is 12.6. The molecule has 3 N–H and O–H groups in total. The summed E-state index contributed by atoms with van der Waals surface area (Å²) in [5, 5.41) is 0.508. The molecule has 430 valence electrons. The molecule has 5 rings (SSSR count). The first-order valence-electron chi connectivity index (χ1n) is 25.4. The minimum absolute atomic E-state index is 0.0295. The number of ether oxygens (including phenoxy) is 7. The molecule has 3 aliphatic rings. The van der Waals surface area contributed by atoms with Gasteiger partial charge in [-0.3, -0.25) is 23.2 Å². The highest BCUT2D eigenvalue weighted by atomic mass is 32.2. The van der Waals surface area contributed by atoms with E-state index in [0.29, 0.717) is 124 Å². The van der Waals surface area contributed by atoms with Gasteiger partial charge < -0.3 is 42.9 Å². The molecule has 2 unspecified atom stereocenters. The second-order valence-corrected chi connectivity index (χ2v) is 23.5. The van der Waals surface area contributed by atoms with E-state index in [-0.39, 0.29) is 74.9 Å². The third kappa shape index (κ3) is 18.0. The molecule has 26 heteroatoms. The van der Waals surface area contributed by atoms with Gasteiger partial charge in [-0.2, -0.15) is 29.8 Å². The highest BCUT2D eigenvalue weighted by Crippen LogP contribution is 2.52. The predicted molar refractivity (Wildman–Crippen MR) is 280 cm³/mol. The predicted octanol–water partition coefficient (Wildman–Crippen LogP) is 4.75. The lowest BCUT2D eigenvalue weighted by molar-refractivity contribution is -0.438. The maximum absolute atomic E-state index is 12.6. The van der Waals surface area contributed by atoms with E-state index in [1.54, 1.807) is 19.2 Å². The number of imide groups is 1. The Hall–Kier alpha value is -4.55. The van der Waals surface area contributed by atoms with Crippen LogP contribution in [-0.4, -0.2) is 184 Å². The van der Waals surface area contributed by atoms with Gasteiger partial charge in [0.25, 0.3) is 42.2 Å². The van der Waals surface area contributed by atoms with Gasteiger partial charge >= 0.3 is 5.97 Å². The van der Waals surface area contributed by atoms with E-state index >= 15 is 0 Å². The molecule has 0 saturated carbocycles. The number of methoxy groups -OCH3 is 2. The van der Waals surface area contributed by atoms with E-state index in [1.807, 2.05) is 42.4 Å². The van der Waals surface area contributed by atoms with Crippen molar-refractivity contribution in [2.75, 3.05) is 117 Å². The number of unbranched alkanes of at least 4 members (excludes halogenated alkanes) is 2. The molecular formula is C51H74N3O20S3+. The average Bonchev–Trinajstić information content (AvgIpc) is 4.03. The van der Waals surface area contributed by atoms with Gasteiger partial charge in [0.15, 0.2) is 5.71 Å². The number of fused-ring (bicyclic) bond motifs is 2. The van der Waals surface area contributed by atoms with Gasteiger partial charge in [-0.1, -0.05) is 0 Å². The monoisotopic (exact) mass is 1140 g/mol. The van der Waals surface area contributed by atoms with Crippen LogP contribution in [0.2, 0.25) is 0 Å². The standard InChI is InChI=1S/C51H73N3O20S3/c1-38(35-46-51(3,18-21-67-4)42-37-40(77(64,65)66)11-13-43(42)52(46)19-8-6-7-10-49(57)74-54-47(55)15-16-48(54)56)34-45-50(2,17-9-33-75(58,59)60)41-36-39(76(61,62)63)12-14-44(41)53(45)20-22-69-25-26-71-29-30-73-32-31-72-28-27-70-24-23-68-5/h11-14,34-37H,6-10,15-33H2,1-5H3,(H2-,58,59,60,61,62,63,64,65,66)/p+1. The minimum Gasteiger partial charge on any atom is -0.385 e. The molecule has 3 heterocycles. The Balaban J connectivity index is 1.43. The van der Waals surface area contributed by atoms with E-state index in [1.165, 1.54) is 31.4 Å². The van der Waals surface area contributed by atoms with Crippen LogP contribution >= 0.6 is 0 Å². The molecule has 2 amide bonds. The lowest BCUT2D eigenvalue weighted by Crippen LogP contribution is -2.33. The Kier molecular flexibility index (Phi) is 23.9. The highest BCUT2D eigenvalue weighted by Gasteiger charge is 2.49. The number of hydroxylamine groups is 2. The van der Waals surface area contributed by atoms with E-state index in [2.05, 4.69) is 0 Å². The summed E-state index contributed by atoms with van der Waals surface area (Å²) in [6, 6.07) is 8.57. The molecule has 0 radical (unpaired) electrons. The summed E-state index contributed by atoms with van der Waals surface area (Å²) in [6.45, 7) is 10.4. The molecule has 77 heavy (non-hydrogen) atoms. The van der Waals surface area contributed by atoms with Crippen molar-refractivity contribution in [1.29, 1.82) is 0 Å². The Bertz CT molecular complexity index is 2800. The molecule has 3 aliphatic heterocycles. The summed E-state index contributed by atoms with van der Waals surface area (Å²) >= 11 is 0. The highest BCUT2D eigenvalue weighted by molar-refractivity contribution is 7.86. The first-order chi connectivity index (χ1) is 36.4. The SMILES string of the molecule is COCCOCCOCCOCCOCCOCCN1/C(=C/C(C)=C/C2=[N+](CCCCCC(=O)ON3C(=O)CCC3=O)c3ccc(S(=O)(=O)O)cc3C2(C)CCOC)C(C)(CCCS(=O)(=O)O)c2cc(S(=O)(=O)O)ccc21. The number of carbonyl (C=O) groups is 3. The average molecular weight is 1150 g/mol. The van der Waals surface area contributed by atoms with E-state index < -0.39 is 64.7 Å². The zero-order chi connectivity index (χ0) is 56.4. The van der Waals surface area contributed by atoms with Gasteiger partial charge in [0.2, 0.25) is 5.69 Å². The van der Waals surface area contributed by atoms with Gasteiger partial charge in [0.1, 0.15) is 6.54 Å². The number of allylic oxidation sites excluding steroid dienone is 4. The zero-order valence-electron chi connectivity index (χ0n) is 44.4. The first kappa shape index (κ1) is 63.3. The Morgan fingerprint density at radius 3 is 1.74 bits per heavy atom. The van der Waals surface area contributed by atoms with Crippen molar-refractivity contribution in [3.63, 3.8) is 0 Å². The van der Waals surface area contributed by atoms with Gasteiger partial charge in [-0.15, -0.1) is 5.06 Å². The summed E-state index contributed by atoms with van der Waals surface area (Å²) in [5.74, 6) is -2.47. The molecule has 2 atom stereocenters. The summed E-state index contributed by atoms with van der Waals surface area (Å²) < 4.78 is 145. The van der Waals surface area contributed by atoms with Crippen molar-refractivity contribution in [2.24, 2.45) is 0 Å². The second kappa shape index (κ2) is 29.1. The topological polar surface area (TPSA) is 298 Å². The third-order valence-corrected chi connectivity index (χ3v) is 16.0. The smallest absolute Gasteiger partial charge is 0.333 e. The van der Waals surface area contributed by atoms with Gasteiger partial charge in [-0.25, -0.2) is 4.79 Å². The van der Waals surface area contributed by atoms with Gasteiger partial charge in [-0.05, 0) is 100 Å². The van der Waals surface area contributed by atoms with Crippen molar-refractivity contribution >= 4 is 65.2 Å². The van der Waals surface area contributed by atoms with E-state index in [4.69, 9.17) is 38.0 Å². The van der Waals surface area contributed by atoms with Gasteiger partial charge in [0.05, 0.1) is 93.6 Å². The fourth-order valence-corrected chi connectivity index (χ4v) is 11.0. The Labute approximate surface area is 451 Å². The quantitative estimate of drug-likeness (QED) is 0.0359. The summed E-state index contributed by atoms with van der Waals surface area (Å²) in [7, 11) is -10.6. The van der Waals surface area contributed by atoms with Crippen molar-refractivity contribution < 1.29 is 95.9 Å². The van der Waals surface area contributed by atoms with E-state index in [9.17, 15) is 53.3 Å². The summed E-state index contributed by atoms with van der Waals surface area (Å²) in [4.78, 5) is 42.9. The summed E-state index contributed by atoms with van der Waals surface area (Å²) in [5.41, 5.74) is 2.24. The number of anilines is 1. The van der Waals surface area contributed by atoms with Crippen molar-refractivity contribution in [2.45, 2.75) is 99.2 Å². The Morgan fingerprint density at radius 1 is 0.662 bits per heavy atom. The lowest BCUT2D eigenvalue weighted by Gasteiger charge is -2.31. The van der Waals surface area contributed by atoms with E-state index in [0.717, 1.165) is 5.71 Å². The molecule has 2 aromatic rings. The molecule has 23 nitrogen and oxygen atoms in total. The number of benzene rings is 2. The van der Waals surface area contributed by atoms with Gasteiger partial charge in [0, 0.05) is 87.6 Å². The normalized spacial score (nSPS) is 19.5. The van der Waals surface area contributed by atoms with Crippen LogP contribution in [0.5, 0.6) is 0 Å². The second-order valence-electron chi connectivity index (χ2n) is 19.1. The van der Waals surface area contributed by atoms with Crippen LogP contribution in [0.3, 0.4) is 0 Å². The molecule has 1 saturated heterocycles. The van der Waals surface area contributed by atoms with Crippen LogP contribution in [0, 0.1) is 0 Å². The summed E-state index contributed by atoms with van der Waals surface area (Å²) in [6.07, 6.45) is 5.51. The van der Waals surface area contributed by atoms with Crippen molar-refractivity contribution in [3.05, 3.63) is 70.9 Å². The van der Waals surface area contributed by atoms with Crippen LogP contribution in [0.15, 0.2) is 69.6 Å². The molecule has 0 spiro atoms. The fraction of sp³-hybridized carbons (Fsp3) is 0.608. The molecule has 2 aromatic carbocycles.